The molecule has 1 unspecified atom stereocenters. The van der Waals surface area contributed by atoms with Gasteiger partial charge < -0.3 is 27.9 Å². The van der Waals surface area contributed by atoms with Gasteiger partial charge in [-0.3, -0.25) is 23.7 Å². The number of ketones is 1. The Morgan fingerprint density at radius 1 is 0.700 bits per heavy atom. The fourth-order valence-corrected chi connectivity index (χ4v) is 5.65. The number of likely N-dealkylation sites (N-methyl/N-ethyl adjacent to an activating group) is 1. The predicted octanol–water partition coefficient (Wildman–Crippen LogP) is 7.74. The van der Waals surface area contributed by atoms with Gasteiger partial charge >= 0.3 is 11.9 Å². The van der Waals surface area contributed by atoms with Gasteiger partial charge in [0.2, 0.25) is 0 Å². The van der Waals surface area contributed by atoms with Crippen molar-refractivity contribution in [1.82, 2.24) is 0 Å². The summed E-state index contributed by atoms with van der Waals surface area (Å²) in [5, 5.41) is 0. The highest BCUT2D eigenvalue weighted by atomic mass is 31.2. The van der Waals surface area contributed by atoms with E-state index in [0.717, 1.165) is 57.8 Å². The maximum absolute atomic E-state index is 12.5. The van der Waals surface area contributed by atoms with Gasteiger partial charge in [0, 0.05) is 19.3 Å². The van der Waals surface area contributed by atoms with Crippen LogP contribution in [-0.4, -0.2) is 82.1 Å². The Morgan fingerprint density at radius 2 is 1.22 bits per heavy atom. The third-order valence-corrected chi connectivity index (χ3v) is 8.93. The van der Waals surface area contributed by atoms with E-state index in [2.05, 4.69) is 19.1 Å². The van der Waals surface area contributed by atoms with E-state index in [1.165, 1.54) is 50.7 Å². The average molecular weight is 730 g/mol. The minimum absolute atomic E-state index is 0.0662. The van der Waals surface area contributed by atoms with Crippen LogP contribution in [0.25, 0.3) is 0 Å². The van der Waals surface area contributed by atoms with Crippen molar-refractivity contribution < 1.29 is 51.6 Å². The second-order valence-corrected chi connectivity index (χ2v) is 15.4. The van der Waals surface area contributed by atoms with Crippen LogP contribution >= 0.6 is 7.82 Å². The first-order valence-corrected chi connectivity index (χ1v) is 20.4. The number of phosphoric ester groups is 1. The van der Waals surface area contributed by atoms with Gasteiger partial charge in [-0.15, -0.1) is 0 Å². The Hall–Kier alpha value is -2.17. The lowest BCUT2D eigenvalue weighted by Crippen LogP contribution is -2.37. The standard InChI is InChI=1S/C38H68NO10P/c1-5-6-7-8-9-10-11-12-13-14-15-16-17-20-23-28-37(42)46-33-36(34-48-50(44,45)47-32-30-39(2,3)4)49-38(43)29-24-21-18-19-22-26-35(41)27-25-31-40/h12-13,25,27,31,36H,5-11,14-24,26,28-30,32-34H2,1-4H3/b13-12-,27-25+/t36-/m1/s1. The number of nitrogens with zero attached hydrogens (tertiary/aromatic N) is 1. The molecule has 0 radical (unpaired) electrons. The Bertz CT molecular complexity index is 1010. The van der Waals surface area contributed by atoms with Crippen molar-refractivity contribution in [2.24, 2.45) is 0 Å². The van der Waals surface area contributed by atoms with Crippen LogP contribution in [0.1, 0.15) is 142 Å². The van der Waals surface area contributed by atoms with Gasteiger partial charge in [-0.05, 0) is 57.1 Å². The summed E-state index contributed by atoms with van der Waals surface area (Å²) in [4.78, 5) is 59.1. The van der Waals surface area contributed by atoms with Gasteiger partial charge in [-0.1, -0.05) is 89.7 Å². The molecule has 0 heterocycles. The van der Waals surface area contributed by atoms with E-state index < -0.39 is 32.5 Å². The van der Waals surface area contributed by atoms with Gasteiger partial charge in [0.25, 0.3) is 7.82 Å². The zero-order valence-corrected chi connectivity index (χ0v) is 32.5. The summed E-state index contributed by atoms with van der Waals surface area (Å²) >= 11 is 0. The van der Waals surface area contributed by atoms with Crippen molar-refractivity contribution >= 4 is 31.8 Å². The lowest BCUT2D eigenvalue weighted by atomic mass is 10.1. The zero-order valence-electron chi connectivity index (χ0n) is 31.6. The highest BCUT2D eigenvalue weighted by Gasteiger charge is 2.21. The van der Waals surface area contributed by atoms with E-state index in [1.807, 2.05) is 21.1 Å². The molecule has 0 aromatic heterocycles. The molecular weight excluding hydrogens is 661 g/mol. The Kier molecular flexibility index (Phi) is 30.2. The predicted molar refractivity (Wildman–Crippen MR) is 195 cm³/mol. The van der Waals surface area contributed by atoms with Crippen LogP contribution in [0.15, 0.2) is 24.3 Å². The second kappa shape index (κ2) is 31.6. The van der Waals surface area contributed by atoms with Crippen LogP contribution in [-0.2, 0) is 42.3 Å². The number of allylic oxidation sites excluding steroid dienone is 4. The molecule has 2 atom stereocenters. The number of unbranched alkanes of at least 4 members (excludes halogenated alkanes) is 15. The van der Waals surface area contributed by atoms with E-state index in [1.54, 1.807) is 0 Å². The quantitative estimate of drug-likeness (QED) is 0.0121. The molecule has 0 bridgehead atoms. The first kappa shape index (κ1) is 47.8. The number of hydrogen-bond acceptors (Lipinski definition) is 10. The molecule has 290 valence electrons. The molecule has 0 saturated carbocycles. The summed E-state index contributed by atoms with van der Waals surface area (Å²) in [6.45, 7) is 1.77. The highest BCUT2D eigenvalue weighted by Crippen LogP contribution is 2.38. The van der Waals surface area contributed by atoms with Gasteiger partial charge in [0.1, 0.15) is 26.0 Å². The van der Waals surface area contributed by atoms with Crippen molar-refractivity contribution in [1.29, 1.82) is 0 Å². The minimum Gasteiger partial charge on any atom is -0.756 e. The molecule has 0 aliphatic heterocycles. The molecule has 50 heavy (non-hydrogen) atoms. The number of quaternary nitrogens is 1. The highest BCUT2D eigenvalue weighted by molar-refractivity contribution is 7.45. The zero-order chi connectivity index (χ0) is 37.4. The number of phosphoric acid groups is 1. The maximum atomic E-state index is 12.5. The molecule has 0 aliphatic carbocycles. The monoisotopic (exact) mass is 729 g/mol. The SMILES string of the molecule is CCCCCCCC/C=C\CCCCCCCC(=O)OC[C@H](COP(=O)([O-])OCC[N+](C)(C)C)OC(=O)CCCCCCCC(=O)/C=C/C=O. The fourth-order valence-electron chi connectivity index (χ4n) is 4.93. The van der Waals surface area contributed by atoms with Crippen LogP contribution < -0.4 is 4.89 Å². The molecule has 0 aromatic carbocycles. The van der Waals surface area contributed by atoms with Gasteiger partial charge in [-0.2, -0.15) is 0 Å². The van der Waals surface area contributed by atoms with Crippen LogP contribution in [0.2, 0.25) is 0 Å². The lowest BCUT2D eigenvalue weighted by Gasteiger charge is -2.28. The van der Waals surface area contributed by atoms with E-state index in [-0.39, 0.29) is 31.8 Å². The smallest absolute Gasteiger partial charge is 0.306 e. The Morgan fingerprint density at radius 3 is 1.78 bits per heavy atom. The Balaban J connectivity index is 4.46. The van der Waals surface area contributed by atoms with Gasteiger partial charge in [0.15, 0.2) is 11.9 Å². The van der Waals surface area contributed by atoms with Crippen LogP contribution in [0.4, 0.5) is 0 Å². The molecule has 0 rings (SSSR count). The molecule has 0 aromatic rings. The third-order valence-electron chi connectivity index (χ3n) is 7.97. The average Bonchev–Trinajstić information content (AvgIpc) is 3.05. The summed E-state index contributed by atoms with van der Waals surface area (Å²) in [6, 6.07) is 0. The molecular formula is C38H68NO10P. The summed E-state index contributed by atoms with van der Waals surface area (Å²) in [7, 11) is 1.04. The van der Waals surface area contributed by atoms with E-state index >= 15 is 0 Å². The summed E-state index contributed by atoms with van der Waals surface area (Å²) in [6.07, 6.45) is 25.9. The number of carbonyl (C=O) groups excluding carboxylic acids is 4. The van der Waals surface area contributed by atoms with E-state index in [0.29, 0.717) is 43.0 Å². The molecule has 0 saturated heterocycles. The van der Waals surface area contributed by atoms with Crippen molar-refractivity contribution in [3.8, 4) is 0 Å². The second-order valence-electron chi connectivity index (χ2n) is 13.9. The fraction of sp³-hybridized carbons (Fsp3) is 0.789. The molecule has 0 amide bonds. The third kappa shape index (κ3) is 34.3. The summed E-state index contributed by atoms with van der Waals surface area (Å²) in [5.74, 6) is -1.08. The molecule has 0 spiro atoms. The van der Waals surface area contributed by atoms with Crippen molar-refractivity contribution in [3.05, 3.63) is 24.3 Å². The first-order valence-electron chi connectivity index (χ1n) is 18.9. The first-order chi connectivity index (χ1) is 23.9. The van der Waals surface area contributed by atoms with Crippen molar-refractivity contribution in [2.75, 3.05) is 47.5 Å². The number of esters is 2. The van der Waals surface area contributed by atoms with Gasteiger partial charge in [-0.25, -0.2) is 0 Å². The molecule has 12 heteroatoms. The van der Waals surface area contributed by atoms with Gasteiger partial charge in [0.05, 0.1) is 27.7 Å². The maximum Gasteiger partial charge on any atom is 0.306 e. The van der Waals surface area contributed by atoms with Crippen LogP contribution in [0.5, 0.6) is 0 Å². The number of rotatable bonds is 35. The molecule has 11 nitrogen and oxygen atoms in total. The van der Waals surface area contributed by atoms with Crippen molar-refractivity contribution in [2.45, 2.75) is 148 Å². The summed E-state index contributed by atoms with van der Waals surface area (Å²) in [5.41, 5.74) is 0. The number of hydrogen-bond donors (Lipinski definition) is 0. The summed E-state index contributed by atoms with van der Waals surface area (Å²) < 4.78 is 33.5. The topological polar surface area (TPSA) is 145 Å². The molecule has 0 aliphatic rings. The molecule has 0 fully saturated rings. The van der Waals surface area contributed by atoms with Crippen LogP contribution in [0, 0.1) is 0 Å². The number of ether oxygens (including phenoxy) is 2. The Labute approximate surface area is 302 Å². The van der Waals surface area contributed by atoms with Crippen LogP contribution in [0.3, 0.4) is 0 Å². The lowest BCUT2D eigenvalue weighted by molar-refractivity contribution is -0.870. The molecule has 0 N–H and O–H groups in total. The van der Waals surface area contributed by atoms with Crippen molar-refractivity contribution in [3.63, 3.8) is 0 Å². The minimum atomic E-state index is -4.66. The van der Waals surface area contributed by atoms with E-state index in [4.69, 9.17) is 18.5 Å². The largest absolute Gasteiger partial charge is 0.756 e. The number of aldehydes is 1. The normalized spacial score (nSPS) is 13.8. The number of carbonyl (C=O) groups is 4. The van der Waals surface area contributed by atoms with E-state index in [9.17, 15) is 28.6 Å².